The van der Waals surface area contributed by atoms with Gasteiger partial charge in [-0.3, -0.25) is 4.79 Å². The SMILES string of the molecule is NCc1nc(C(=O)NCCc2ccc(Br)s2)cs1. The molecule has 0 aliphatic carbocycles. The van der Waals surface area contributed by atoms with Gasteiger partial charge in [-0.15, -0.1) is 22.7 Å². The highest BCUT2D eigenvalue weighted by Crippen LogP contribution is 2.22. The third kappa shape index (κ3) is 3.61. The summed E-state index contributed by atoms with van der Waals surface area (Å²) in [6.45, 7) is 0.989. The van der Waals surface area contributed by atoms with Crippen LogP contribution in [0.4, 0.5) is 0 Å². The molecular formula is C11H12BrN3OS2. The predicted molar refractivity (Wildman–Crippen MR) is 78.1 cm³/mol. The van der Waals surface area contributed by atoms with Crippen molar-refractivity contribution in [3.05, 3.63) is 36.9 Å². The molecule has 0 atom stereocenters. The van der Waals surface area contributed by atoms with E-state index < -0.39 is 0 Å². The number of halogens is 1. The van der Waals surface area contributed by atoms with Crippen LogP contribution in [0.5, 0.6) is 0 Å². The zero-order valence-corrected chi connectivity index (χ0v) is 12.7. The number of nitrogens with zero attached hydrogens (tertiary/aromatic N) is 1. The van der Waals surface area contributed by atoms with E-state index in [0.717, 1.165) is 15.2 Å². The molecule has 2 rings (SSSR count). The van der Waals surface area contributed by atoms with E-state index in [1.807, 2.05) is 6.07 Å². The number of thiophene rings is 1. The Bertz CT molecular complexity index is 538. The lowest BCUT2D eigenvalue weighted by Crippen LogP contribution is -2.25. The van der Waals surface area contributed by atoms with Crippen LogP contribution in [0.1, 0.15) is 20.4 Å². The molecular weight excluding hydrogens is 334 g/mol. The van der Waals surface area contributed by atoms with Gasteiger partial charge in [-0.25, -0.2) is 4.98 Å². The van der Waals surface area contributed by atoms with Crippen LogP contribution in [0.2, 0.25) is 0 Å². The molecule has 0 fully saturated rings. The van der Waals surface area contributed by atoms with Gasteiger partial charge in [0.1, 0.15) is 10.7 Å². The maximum Gasteiger partial charge on any atom is 0.270 e. The molecule has 2 heterocycles. The third-order valence-electron chi connectivity index (χ3n) is 2.24. The highest BCUT2D eigenvalue weighted by Gasteiger charge is 2.09. The van der Waals surface area contributed by atoms with E-state index in [-0.39, 0.29) is 5.91 Å². The number of rotatable bonds is 5. The van der Waals surface area contributed by atoms with Gasteiger partial charge in [0.2, 0.25) is 0 Å². The van der Waals surface area contributed by atoms with Gasteiger partial charge in [-0.05, 0) is 34.5 Å². The van der Waals surface area contributed by atoms with E-state index in [1.54, 1.807) is 16.7 Å². The number of hydrogen-bond acceptors (Lipinski definition) is 5. The molecule has 0 saturated heterocycles. The number of carbonyl (C=O) groups excluding carboxylic acids is 1. The molecule has 0 radical (unpaired) electrons. The first-order chi connectivity index (χ1) is 8.69. The van der Waals surface area contributed by atoms with Crippen molar-refractivity contribution in [3.8, 4) is 0 Å². The normalized spacial score (nSPS) is 10.6. The number of nitrogens with two attached hydrogens (primary N) is 1. The van der Waals surface area contributed by atoms with Crippen molar-refractivity contribution >= 4 is 44.5 Å². The van der Waals surface area contributed by atoms with Crippen molar-refractivity contribution in [2.24, 2.45) is 5.73 Å². The fraction of sp³-hybridized carbons (Fsp3) is 0.273. The summed E-state index contributed by atoms with van der Waals surface area (Å²) >= 11 is 6.50. The van der Waals surface area contributed by atoms with Crippen molar-refractivity contribution in [2.75, 3.05) is 6.54 Å². The summed E-state index contributed by atoms with van der Waals surface area (Å²) in [5.41, 5.74) is 5.91. The topological polar surface area (TPSA) is 68.0 Å². The minimum atomic E-state index is -0.137. The number of nitrogens with one attached hydrogen (secondary N) is 1. The van der Waals surface area contributed by atoms with Gasteiger partial charge in [0.05, 0.1) is 3.79 Å². The van der Waals surface area contributed by atoms with Crippen LogP contribution < -0.4 is 11.1 Å². The molecule has 0 unspecified atom stereocenters. The lowest BCUT2D eigenvalue weighted by Gasteiger charge is -2.01. The lowest BCUT2D eigenvalue weighted by molar-refractivity contribution is 0.0950. The van der Waals surface area contributed by atoms with Gasteiger partial charge >= 0.3 is 0 Å². The van der Waals surface area contributed by atoms with E-state index in [9.17, 15) is 4.79 Å². The van der Waals surface area contributed by atoms with E-state index >= 15 is 0 Å². The van der Waals surface area contributed by atoms with Crippen LogP contribution in [-0.4, -0.2) is 17.4 Å². The summed E-state index contributed by atoms with van der Waals surface area (Å²) in [6, 6.07) is 4.06. The highest BCUT2D eigenvalue weighted by molar-refractivity contribution is 9.11. The molecule has 0 aliphatic rings. The molecule has 96 valence electrons. The molecule has 18 heavy (non-hydrogen) atoms. The molecule has 0 aromatic carbocycles. The zero-order valence-electron chi connectivity index (χ0n) is 9.48. The first-order valence-electron chi connectivity index (χ1n) is 5.36. The summed E-state index contributed by atoms with van der Waals surface area (Å²) in [5.74, 6) is -0.137. The summed E-state index contributed by atoms with van der Waals surface area (Å²) in [4.78, 5) is 17.1. The predicted octanol–water partition coefficient (Wildman–Crippen LogP) is 2.40. The Morgan fingerprint density at radius 1 is 1.50 bits per heavy atom. The van der Waals surface area contributed by atoms with Crippen LogP contribution >= 0.6 is 38.6 Å². The summed E-state index contributed by atoms with van der Waals surface area (Å²) in [6.07, 6.45) is 0.829. The van der Waals surface area contributed by atoms with Gasteiger partial charge in [-0.1, -0.05) is 0 Å². The van der Waals surface area contributed by atoms with Crippen LogP contribution in [0.25, 0.3) is 0 Å². The van der Waals surface area contributed by atoms with Crippen LogP contribution in [0.3, 0.4) is 0 Å². The van der Waals surface area contributed by atoms with Crippen molar-refractivity contribution in [3.63, 3.8) is 0 Å². The Morgan fingerprint density at radius 3 is 2.94 bits per heavy atom. The average Bonchev–Trinajstić information content (AvgIpc) is 2.98. The van der Waals surface area contributed by atoms with E-state index in [4.69, 9.17) is 5.73 Å². The van der Waals surface area contributed by atoms with Gasteiger partial charge in [-0.2, -0.15) is 0 Å². The van der Waals surface area contributed by atoms with Crippen LogP contribution in [-0.2, 0) is 13.0 Å². The van der Waals surface area contributed by atoms with E-state index in [0.29, 0.717) is 18.8 Å². The summed E-state index contributed by atoms with van der Waals surface area (Å²) in [7, 11) is 0. The standard InChI is InChI=1S/C11H12BrN3OS2/c12-9-2-1-7(18-9)3-4-14-11(16)8-6-17-10(5-13)15-8/h1-2,6H,3-5,13H2,(H,14,16). The van der Waals surface area contributed by atoms with Gasteiger partial charge in [0, 0.05) is 23.3 Å². The first kappa shape index (κ1) is 13.7. The van der Waals surface area contributed by atoms with E-state index in [2.05, 4.69) is 32.3 Å². The summed E-state index contributed by atoms with van der Waals surface area (Å²) in [5, 5.41) is 5.37. The Morgan fingerprint density at radius 2 is 2.33 bits per heavy atom. The smallest absolute Gasteiger partial charge is 0.270 e. The highest BCUT2D eigenvalue weighted by atomic mass is 79.9. The molecule has 0 saturated carbocycles. The van der Waals surface area contributed by atoms with Gasteiger partial charge < -0.3 is 11.1 Å². The molecule has 1 amide bonds. The second-order valence-corrected chi connectivity index (χ2v) is 7.03. The van der Waals surface area contributed by atoms with Gasteiger partial charge in [0.25, 0.3) is 5.91 Å². The average molecular weight is 346 g/mol. The Kier molecular flexibility index (Phi) is 4.87. The maximum absolute atomic E-state index is 11.8. The minimum absolute atomic E-state index is 0.137. The number of carbonyl (C=O) groups is 1. The monoisotopic (exact) mass is 345 g/mol. The zero-order chi connectivity index (χ0) is 13.0. The lowest BCUT2D eigenvalue weighted by atomic mass is 10.3. The fourth-order valence-corrected chi connectivity index (χ4v) is 3.52. The largest absolute Gasteiger partial charge is 0.350 e. The fourth-order valence-electron chi connectivity index (χ4n) is 1.38. The molecule has 4 nitrogen and oxygen atoms in total. The quantitative estimate of drug-likeness (QED) is 0.874. The first-order valence-corrected chi connectivity index (χ1v) is 7.85. The Balaban J connectivity index is 1.81. The molecule has 0 bridgehead atoms. The maximum atomic E-state index is 11.8. The second kappa shape index (κ2) is 6.42. The van der Waals surface area contributed by atoms with Crippen molar-refractivity contribution in [1.82, 2.24) is 10.3 Å². The van der Waals surface area contributed by atoms with Crippen molar-refractivity contribution in [2.45, 2.75) is 13.0 Å². The van der Waals surface area contributed by atoms with Crippen molar-refractivity contribution < 1.29 is 4.79 Å². The molecule has 2 aromatic heterocycles. The molecule has 7 heteroatoms. The molecule has 0 aliphatic heterocycles. The van der Waals surface area contributed by atoms with Crippen LogP contribution in [0, 0.1) is 0 Å². The molecule has 0 spiro atoms. The number of thiazole rings is 1. The number of aromatic nitrogens is 1. The third-order valence-corrected chi connectivity index (χ3v) is 4.80. The Labute approximate surface area is 121 Å². The van der Waals surface area contributed by atoms with E-state index in [1.165, 1.54) is 16.2 Å². The molecule has 3 N–H and O–H groups in total. The number of amides is 1. The minimum Gasteiger partial charge on any atom is -0.350 e. The number of hydrogen-bond donors (Lipinski definition) is 2. The second-order valence-electron chi connectivity index (χ2n) is 3.54. The molecule has 2 aromatic rings. The van der Waals surface area contributed by atoms with Crippen molar-refractivity contribution in [1.29, 1.82) is 0 Å². The summed E-state index contributed by atoms with van der Waals surface area (Å²) < 4.78 is 1.11. The van der Waals surface area contributed by atoms with Gasteiger partial charge in [0.15, 0.2) is 0 Å². The van der Waals surface area contributed by atoms with Crippen LogP contribution in [0.15, 0.2) is 21.3 Å². The Hall–Kier alpha value is -0.760.